The molecule has 1 aromatic carbocycles. The van der Waals surface area contributed by atoms with Crippen molar-refractivity contribution in [3.05, 3.63) is 41.2 Å². The van der Waals surface area contributed by atoms with E-state index in [1.54, 1.807) is 25.2 Å². The zero-order valence-electron chi connectivity index (χ0n) is 10.5. The first-order valence-corrected chi connectivity index (χ1v) is 7.49. The molecular weight excluding hydrogens is 288 g/mol. The van der Waals surface area contributed by atoms with Crippen molar-refractivity contribution < 1.29 is 13.2 Å². The van der Waals surface area contributed by atoms with Gasteiger partial charge in [0.05, 0.1) is 24.1 Å². The third-order valence-corrected chi connectivity index (χ3v) is 4.55. The Labute approximate surface area is 116 Å². The molecule has 0 bridgehead atoms. The molecule has 2 aromatic rings. The summed E-state index contributed by atoms with van der Waals surface area (Å²) in [5, 5.41) is 4.25. The van der Waals surface area contributed by atoms with Crippen LogP contribution in [0, 0.1) is 0 Å². The normalized spacial score (nSPS) is 11.5. The number of nitrogens with zero attached hydrogens (tertiary/aromatic N) is 2. The van der Waals surface area contributed by atoms with Gasteiger partial charge in [-0.3, -0.25) is 4.68 Å². The summed E-state index contributed by atoms with van der Waals surface area (Å²) in [6.45, 7) is 0. The summed E-state index contributed by atoms with van der Waals surface area (Å²) in [6, 6.07) is 4.92. The maximum atomic E-state index is 12.2. The first-order valence-electron chi connectivity index (χ1n) is 5.46. The number of hydrogen-bond donors (Lipinski definition) is 0. The van der Waals surface area contributed by atoms with E-state index in [9.17, 15) is 8.42 Å². The molecule has 102 valence electrons. The molecule has 0 unspecified atom stereocenters. The van der Waals surface area contributed by atoms with E-state index in [2.05, 4.69) is 5.10 Å². The lowest BCUT2D eigenvalue weighted by molar-refractivity contribution is 0.415. The van der Waals surface area contributed by atoms with Gasteiger partial charge in [-0.25, -0.2) is 8.42 Å². The number of aromatic nitrogens is 2. The highest BCUT2D eigenvalue weighted by atomic mass is 35.5. The second-order valence-electron chi connectivity index (χ2n) is 4.08. The van der Waals surface area contributed by atoms with Crippen LogP contribution in [-0.2, 0) is 22.6 Å². The van der Waals surface area contributed by atoms with Crippen molar-refractivity contribution >= 4 is 21.4 Å². The molecule has 0 aliphatic rings. The number of hydrogen-bond acceptors (Lipinski definition) is 4. The summed E-state index contributed by atoms with van der Waals surface area (Å²) in [4.78, 5) is 0.196. The molecule has 0 aliphatic carbocycles. The average Bonchev–Trinajstić information content (AvgIpc) is 2.76. The van der Waals surface area contributed by atoms with Crippen molar-refractivity contribution in [2.24, 2.45) is 7.05 Å². The number of methoxy groups -OCH3 is 1. The van der Waals surface area contributed by atoms with Gasteiger partial charge in [0.25, 0.3) is 0 Å². The Balaban J connectivity index is 2.28. The molecule has 0 saturated heterocycles. The van der Waals surface area contributed by atoms with Gasteiger partial charge in [-0.1, -0.05) is 17.7 Å². The van der Waals surface area contributed by atoms with Crippen LogP contribution >= 0.6 is 11.6 Å². The molecule has 0 fully saturated rings. The van der Waals surface area contributed by atoms with Gasteiger partial charge in [0.2, 0.25) is 0 Å². The Kier molecular flexibility index (Phi) is 3.82. The van der Waals surface area contributed by atoms with Crippen molar-refractivity contribution in [2.75, 3.05) is 7.11 Å². The maximum Gasteiger partial charge on any atom is 0.185 e. The smallest absolute Gasteiger partial charge is 0.185 e. The quantitative estimate of drug-likeness (QED) is 0.867. The van der Waals surface area contributed by atoms with Gasteiger partial charge in [-0.15, -0.1) is 0 Å². The molecule has 0 radical (unpaired) electrons. The molecule has 0 spiro atoms. The highest BCUT2D eigenvalue weighted by Gasteiger charge is 2.17. The van der Waals surface area contributed by atoms with Gasteiger partial charge in [0, 0.05) is 13.2 Å². The minimum atomic E-state index is -3.41. The van der Waals surface area contributed by atoms with Crippen molar-refractivity contribution in [1.82, 2.24) is 9.78 Å². The predicted octanol–water partition coefficient (Wildman–Crippen LogP) is 2.06. The number of aryl methyl sites for hydroxylation is 1. The Morgan fingerprint density at radius 1 is 1.42 bits per heavy atom. The van der Waals surface area contributed by atoms with Crippen LogP contribution in [0.15, 0.2) is 35.5 Å². The van der Waals surface area contributed by atoms with E-state index in [0.29, 0.717) is 16.3 Å². The molecular formula is C12H13ClN2O3S. The van der Waals surface area contributed by atoms with Crippen LogP contribution in [0.2, 0.25) is 5.02 Å². The SMILES string of the molecule is COc1ccc(CS(=O)(=O)c2cnn(C)c2)cc1Cl. The second kappa shape index (κ2) is 5.22. The third kappa shape index (κ3) is 3.08. The molecule has 19 heavy (non-hydrogen) atoms. The Hall–Kier alpha value is -1.53. The molecule has 0 aliphatic heterocycles. The molecule has 1 aromatic heterocycles. The van der Waals surface area contributed by atoms with E-state index in [0.717, 1.165) is 0 Å². The van der Waals surface area contributed by atoms with Crippen LogP contribution in [0.5, 0.6) is 5.75 Å². The number of rotatable bonds is 4. The molecule has 5 nitrogen and oxygen atoms in total. The highest BCUT2D eigenvalue weighted by Crippen LogP contribution is 2.26. The summed E-state index contributed by atoms with van der Waals surface area (Å²) in [5.41, 5.74) is 0.606. The fourth-order valence-corrected chi connectivity index (χ4v) is 3.25. The monoisotopic (exact) mass is 300 g/mol. The molecule has 0 atom stereocenters. The van der Waals surface area contributed by atoms with Gasteiger partial charge in [-0.05, 0) is 17.7 Å². The summed E-state index contributed by atoms with van der Waals surface area (Å²) >= 11 is 5.97. The lowest BCUT2D eigenvalue weighted by Gasteiger charge is -2.06. The van der Waals surface area contributed by atoms with Gasteiger partial charge >= 0.3 is 0 Å². The lowest BCUT2D eigenvalue weighted by Crippen LogP contribution is -2.04. The zero-order valence-corrected chi connectivity index (χ0v) is 12.1. The molecule has 1 heterocycles. The van der Waals surface area contributed by atoms with Crippen LogP contribution in [0.4, 0.5) is 0 Å². The minimum Gasteiger partial charge on any atom is -0.495 e. The van der Waals surface area contributed by atoms with Gasteiger partial charge in [-0.2, -0.15) is 5.10 Å². The molecule has 0 N–H and O–H groups in total. The predicted molar refractivity (Wildman–Crippen MR) is 72.1 cm³/mol. The van der Waals surface area contributed by atoms with Gasteiger partial charge < -0.3 is 4.74 Å². The van der Waals surface area contributed by atoms with Crippen LogP contribution in [0.1, 0.15) is 5.56 Å². The second-order valence-corrected chi connectivity index (χ2v) is 6.47. The Bertz CT molecular complexity index is 695. The molecule has 2 rings (SSSR count). The Morgan fingerprint density at radius 3 is 2.68 bits per heavy atom. The van der Waals surface area contributed by atoms with E-state index in [1.807, 2.05) is 0 Å². The van der Waals surface area contributed by atoms with Crippen LogP contribution < -0.4 is 4.74 Å². The zero-order chi connectivity index (χ0) is 14.0. The molecule has 0 amide bonds. The van der Waals surface area contributed by atoms with Crippen LogP contribution in [0.25, 0.3) is 0 Å². The minimum absolute atomic E-state index is 0.123. The largest absolute Gasteiger partial charge is 0.495 e. The summed E-state index contributed by atoms with van der Waals surface area (Å²) in [6.07, 6.45) is 2.81. The van der Waals surface area contributed by atoms with E-state index in [1.165, 1.54) is 24.2 Å². The van der Waals surface area contributed by atoms with Gasteiger partial charge in [0.15, 0.2) is 9.84 Å². The average molecular weight is 301 g/mol. The van der Waals surface area contributed by atoms with E-state index >= 15 is 0 Å². The van der Waals surface area contributed by atoms with E-state index in [-0.39, 0.29) is 10.6 Å². The first kappa shape index (κ1) is 13.9. The summed E-state index contributed by atoms with van der Waals surface area (Å²) in [5.74, 6) is 0.395. The number of halogens is 1. The van der Waals surface area contributed by atoms with Crippen molar-refractivity contribution in [3.63, 3.8) is 0 Å². The fourth-order valence-electron chi connectivity index (χ4n) is 1.66. The van der Waals surface area contributed by atoms with E-state index < -0.39 is 9.84 Å². The number of benzene rings is 1. The highest BCUT2D eigenvalue weighted by molar-refractivity contribution is 7.90. The standard InChI is InChI=1S/C12H13ClN2O3S/c1-15-7-10(6-14-15)19(16,17)8-9-3-4-12(18-2)11(13)5-9/h3-7H,8H2,1-2H3. The fraction of sp³-hybridized carbons (Fsp3) is 0.250. The summed E-state index contributed by atoms with van der Waals surface area (Å²) < 4.78 is 30.8. The molecule has 0 saturated carbocycles. The van der Waals surface area contributed by atoms with E-state index in [4.69, 9.17) is 16.3 Å². The first-order chi connectivity index (χ1) is 8.92. The number of sulfone groups is 1. The summed E-state index contributed by atoms with van der Waals surface area (Å²) in [7, 11) is -0.235. The van der Waals surface area contributed by atoms with Crippen LogP contribution in [-0.4, -0.2) is 25.3 Å². The van der Waals surface area contributed by atoms with Gasteiger partial charge in [0.1, 0.15) is 10.6 Å². The van der Waals surface area contributed by atoms with Crippen molar-refractivity contribution in [3.8, 4) is 5.75 Å². The third-order valence-electron chi connectivity index (χ3n) is 2.61. The van der Waals surface area contributed by atoms with Crippen LogP contribution in [0.3, 0.4) is 0 Å². The van der Waals surface area contributed by atoms with Crippen molar-refractivity contribution in [1.29, 1.82) is 0 Å². The number of ether oxygens (including phenoxy) is 1. The van der Waals surface area contributed by atoms with Crippen molar-refractivity contribution in [2.45, 2.75) is 10.6 Å². The maximum absolute atomic E-state index is 12.2. The molecule has 7 heteroatoms. The lowest BCUT2D eigenvalue weighted by atomic mass is 10.2. The topological polar surface area (TPSA) is 61.2 Å². The Morgan fingerprint density at radius 2 is 2.16 bits per heavy atom.